The minimum Gasteiger partial charge on any atom is -0.0530 e. The number of hydrogen-bond acceptors (Lipinski definition) is 0. The Bertz CT molecular complexity index is 208. The fourth-order valence-corrected chi connectivity index (χ4v) is 4.90. The molecule has 0 bridgehead atoms. The van der Waals surface area contributed by atoms with Crippen LogP contribution in [0.3, 0.4) is 0 Å². The molecule has 2 unspecified atom stereocenters. The van der Waals surface area contributed by atoms with Gasteiger partial charge in [0.1, 0.15) is 0 Å². The average molecular weight is 220 g/mol. The summed E-state index contributed by atoms with van der Waals surface area (Å²) in [6.07, 6.45) is 18.8. The summed E-state index contributed by atoms with van der Waals surface area (Å²) in [6, 6.07) is 0. The van der Waals surface area contributed by atoms with Crippen molar-refractivity contribution >= 4 is 0 Å². The third kappa shape index (κ3) is 2.46. The fraction of sp³-hybridized carbons (Fsp3) is 1.00. The normalized spacial score (nSPS) is 37.5. The molecule has 0 aromatic heterocycles. The molecule has 0 heterocycles. The van der Waals surface area contributed by atoms with Crippen LogP contribution in [0.1, 0.15) is 77.0 Å². The van der Waals surface area contributed by atoms with Gasteiger partial charge < -0.3 is 0 Å². The predicted molar refractivity (Wildman–Crippen MR) is 69.4 cm³/mol. The summed E-state index contributed by atoms with van der Waals surface area (Å²) in [5.74, 6) is 4.56. The van der Waals surface area contributed by atoms with Gasteiger partial charge in [-0.25, -0.2) is 0 Å². The summed E-state index contributed by atoms with van der Waals surface area (Å²) in [4.78, 5) is 0. The van der Waals surface area contributed by atoms with Crippen molar-refractivity contribution in [1.82, 2.24) is 0 Å². The maximum Gasteiger partial charge on any atom is -0.0383 e. The first kappa shape index (κ1) is 11.1. The van der Waals surface area contributed by atoms with Crippen molar-refractivity contribution in [1.29, 1.82) is 0 Å². The number of hydrogen-bond donors (Lipinski definition) is 0. The fourth-order valence-electron chi connectivity index (χ4n) is 4.90. The van der Waals surface area contributed by atoms with Gasteiger partial charge in [0.25, 0.3) is 0 Å². The molecule has 3 saturated carbocycles. The molecular formula is C16H28. The van der Waals surface area contributed by atoms with E-state index in [1.54, 1.807) is 51.4 Å². The molecule has 0 aliphatic heterocycles. The summed E-state index contributed by atoms with van der Waals surface area (Å²) < 4.78 is 0. The highest BCUT2D eigenvalue weighted by atomic mass is 14.4. The van der Waals surface area contributed by atoms with Crippen molar-refractivity contribution in [2.45, 2.75) is 77.0 Å². The van der Waals surface area contributed by atoms with Crippen LogP contribution >= 0.6 is 0 Å². The van der Waals surface area contributed by atoms with Gasteiger partial charge in [0.2, 0.25) is 0 Å². The zero-order valence-corrected chi connectivity index (χ0v) is 10.8. The molecule has 0 spiro atoms. The van der Waals surface area contributed by atoms with Crippen molar-refractivity contribution in [2.24, 2.45) is 23.7 Å². The second-order valence-electron chi connectivity index (χ2n) is 6.87. The maximum absolute atomic E-state index is 1.61. The Morgan fingerprint density at radius 3 is 2.00 bits per heavy atom. The highest BCUT2D eigenvalue weighted by Gasteiger charge is 2.33. The van der Waals surface area contributed by atoms with E-state index in [4.69, 9.17) is 0 Å². The van der Waals surface area contributed by atoms with E-state index < -0.39 is 0 Å². The molecule has 0 N–H and O–H groups in total. The van der Waals surface area contributed by atoms with Crippen LogP contribution in [0, 0.1) is 23.7 Å². The lowest BCUT2D eigenvalue weighted by atomic mass is 9.86. The standard InChI is InChI=1S/C16H28/c1-2-6-13(5-1)11-14-9-10-16(12-14)15-7-3-4-8-15/h13-16H,1-12H2. The molecule has 3 fully saturated rings. The Labute approximate surface area is 101 Å². The zero-order valence-electron chi connectivity index (χ0n) is 10.8. The summed E-state index contributed by atoms with van der Waals surface area (Å²) in [7, 11) is 0. The largest absolute Gasteiger partial charge is 0.0530 e. The van der Waals surface area contributed by atoms with Gasteiger partial charge in [-0.1, -0.05) is 57.8 Å². The molecule has 2 atom stereocenters. The third-order valence-electron chi connectivity index (χ3n) is 5.79. The molecule has 3 rings (SSSR count). The van der Waals surface area contributed by atoms with Gasteiger partial charge in [0.05, 0.1) is 0 Å². The molecule has 0 amide bonds. The molecule has 0 nitrogen and oxygen atoms in total. The summed E-state index contributed by atoms with van der Waals surface area (Å²) in [5, 5.41) is 0. The first-order valence-electron chi connectivity index (χ1n) is 7.92. The first-order chi connectivity index (χ1) is 7.92. The Morgan fingerprint density at radius 2 is 1.25 bits per heavy atom. The van der Waals surface area contributed by atoms with Crippen molar-refractivity contribution in [3.05, 3.63) is 0 Å². The molecule has 0 aromatic rings. The van der Waals surface area contributed by atoms with Gasteiger partial charge in [-0.15, -0.1) is 0 Å². The molecule has 0 heteroatoms. The molecule has 0 aromatic carbocycles. The van der Waals surface area contributed by atoms with Crippen molar-refractivity contribution in [3.63, 3.8) is 0 Å². The van der Waals surface area contributed by atoms with Crippen molar-refractivity contribution < 1.29 is 0 Å². The lowest BCUT2D eigenvalue weighted by molar-refractivity contribution is 0.315. The van der Waals surface area contributed by atoms with E-state index in [0.717, 1.165) is 23.7 Å². The SMILES string of the molecule is C1CCC(CC2CCC(C3CCCC3)C2)C1. The van der Waals surface area contributed by atoms with Crippen LogP contribution in [0.2, 0.25) is 0 Å². The van der Waals surface area contributed by atoms with Gasteiger partial charge in [-0.3, -0.25) is 0 Å². The maximum atomic E-state index is 1.61. The summed E-state index contributed by atoms with van der Waals surface area (Å²) >= 11 is 0. The molecule has 92 valence electrons. The Morgan fingerprint density at radius 1 is 0.562 bits per heavy atom. The van der Waals surface area contributed by atoms with Gasteiger partial charge >= 0.3 is 0 Å². The monoisotopic (exact) mass is 220 g/mol. The van der Waals surface area contributed by atoms with Gasteiger partial charge in [0, 0.05) is 0 Å². The Kier molecular flexibility index (Phi) is 3.54. The van der Waals surface area contributed by atoms with E-state index in [1.807, 2.05) is 0 Å². The van der Waals surface area contributed by atoms with Crippen LogP contribution in [0.15, 0.2) is 0 Å². The third-order valence-corrected chi connectivity index (χ3v) is 5.79. The molecule has 0 saturated heterocycles. The minimum atomic E-state index is 1.13. The van der Waals surface area contributed by atoms with E-state index in [-0.39, 0.29) is 0 Å². The van der Waals surface area contributed by atoms with E-state index in [0.29, 0.717) is 0 Å². The van der Waals surface area contributed by atoms with Crippen molar-refractivity contribution in [3.8, 4) is 0 Å². The molecule has 0 radical (unpaired) electrons. The summed E-state index contributed by atoms with van der Waals surface area (Å²) in [6.45, 7) is 0. The van der Waals surface area contributed by atoms with Crippen LogP contribution in [0.5, 0.6) is 0 Å². The van der Waals surface area contributed by atoms with E-state index in [9.17, 15) is 0 Å². The van der Waals surface area contributed by atoms with Crippen molar-refractivity contribution in [2.75, 3.05) is 0 Å². The van der Waals surface area contributed by atoms with E-state index >= 15 is 0 Å². The first-order valence-corrected chi connectivity index (χ1v) is 7.92. The average Bonchev–Trinajstić information content (AvgIpc) is 2.99. The Hall–Kier alpha value is 0. The minimum absolute atomic E-state index is 1.13. The topological polar surface area (TPSA) is 0 Å². The zero-order chi connectivity index (χ0) is 10.8. The van der Waals surface area contributed by atoms with Crippen LogP contribution in [-0.2, 0) is 0 Å². The smallest absolute Gasteiger partial charge is 0.0383 e. The molecule has 16 heavy (non-hydrogen) atoms. The predicted octanol–water partition coefficient (Wildman–Crippen LogP) is 5.17. The number of rotatable bonds is 3. The van der Waals surface area contributed by atoms with Gasteiger partial charge in [0.15, 0.2) is 0 Å². The quantitative estimate of drug-likeness (QED) is 0.615. The lowest BCUT2D eigenvalue weighted by Gasteiger charge is -2.19. The second-order valence-corrected chi connectivity index (χ2v) is 6.87. The van der Waals surface area contributed by atoms with Crippen LogP contribution in [0.4, 0.5) is 0 Å². The highest BCUT2D eigenvalue weighted by molar-refractivity contribution is 4.84. The lowest BCUT2D eigenvalue weighted by Crippen LogP contribution is -2.09. The van der Waals surface area contributed by atoms with Gasteiger partial charge in [-0.05, 0) is 42.9 Å². The Balaban J connectivity index is 1.45. The van der Waals surface area contributed by atoms with E-state index in [1.165, 1.54) is 25.7 Å². The van der Waals surface area contributed by atoms with Crippen LogP contribution in [0.25, 0.3) is 0 Å². The molecule has 3 aliphatic rings. The van der Waals surface area contributed by atoms with E-state index in [2.05, 4.69) is 0 Å². The van der Waals surface area contributed by atoms with Crippen LogP contribution < -0.4 is 0 Å². The summed E-state index contributed by atoms with van der Waals surface area (Å²) in [5.41, 5.74) is 0. The van der Waals surface area contributed by atoms with Gasteiger partial charge in [-0.2, -0.15) is 0 Å². The van der Waals surface area contributed by atoms with Crippen LogP contribution in [-0.4, -0.2) is 0 Å². The molecular weight excluding hydrogens is 192 g/mol. The highest BCUT2D eigenvalue weighted by Crippen LogP contribution is 2.45. The second kappa shape index (κ2) is 5.10. The molecule has 3 aliphatic carbocycles.